The highest BCUT2D eigenvalue weighted by atomic mass is 35.5. The minimum atomic E-state index is -0.203. The summed E-state index contributed by atoms with van der Waals surface area (Å²) in [5.74, 6) is -0.183. The van der Waals surface area contributed by atoms with Crippen molar-refractivity contribution in [1.82, 2.24) is 15.1 Å². The molecule has 0 radical (unpaired) electrons. The van der Waals surface area contributed by atoms with Crippen molar-refractivity contribution in [2.45, 2.75) is 13.1 Å². The lowest BCUT2D eigenvalue weighted by atomic mass is 10.1. The van der Waals surface area contributed by atoms with Gasteiger partial charge in [0, 0.05) is 23.3 Å². The van der Waals surface area contributed by atoms with E-state index >= 15 is 0 Å². The van der Waals surface area contributed by atoms with Gasteiger partial charge in [0.25, 0.3) is 5.91 Å². The molecule has 2 aromatic carbocycles. The van der Waals surface area contributed by atoms with Crippen molar-refractivity contribution in [2.75, 3.05) is 0 Å². The average Bonchev–Trinajstić information content (AvgIpc) is 3.10. The van der Waals surface area contributed by atoms with E-state index in [1.807, 2.05) is 36.4 Å². The van der Waals surface area contributed by atoms with Gasteiger partial charge in [-0.2, -0.15) is 5.10 Å². The van der Waals surface area contributed by atoms with Gasteiger partial charge >= 0.3 is 0 Å². The lowest BCUT2D eigenvalue weighted by Crippen LogP contribution is -2.22. The molecule has 1 heterocycles. The third kappa shape index (κ3) is 4.29. The van der Waals surface area contributed by atoms with Gasteiger partial charge in [0.15, 0.2) is 0 Å². The summed E-state index contributed by atoms with van der Waals surface area (Å²) in [6, 6.07) is 14.7. The summed E-state index contributed by atoms with van der Waals surface area (Å²) in [4.78, 5) is 12.3. The summed E-state index contributed by atoms with van der Waals surface area (Å²) in [5.41, 5.74) is 8.42. The number of rotatable bonds is 6. The van der Waals surface area contributed by atoms with Crippen molar-refractivity contribution < 1.29 is 4.79 Å². The second kappa shape index (κ2) is 7.84. The summed E-state index contributed by atoms with van der Waals surface area (Å²) >= 11 is 6.15. The highest BCUT2D eigenvalue weighted by molar-refractivity contribution is 6.31. The maximum Gasteiger partial charge on any atom is 0.254 e. The number of aromatic nitrogens is 2. The number of benzene rings is 2. The second-order valence-electron chi connectivity index (χ2n) is 5.81. The molecule has 0 spiro atoms. The van der Waals surface area contributed by atoms with Crippen LogP contribution in [0.4, 0.5) is 0 Å². The van der Waals surface area contributed by atoms with Gasteiger partial charge in [-0.1, -0.05) is 54.1 Å². The standard InChI is InChI=1S/C19H18ClN5O/c20-17-4-2-1-3-15(17)11-25-12-16(10-24-25)19(26)23-9-13-5-7-14(8-6-13)18(21)22/h1-8,10,12H,9,11H2,(H3,21,22)(H,23,26). The summed E-state index contributed by atoms with van der Waals surface area (Å²) in [6.07, 6.45) is 3.22. The molecule has 7 heteroatoms. The van der Waals surface area contributed by atoms with Gasteiger partial charge in [0.1, 0.15) is 5.84 Å². The first-order valence-electron chi connectivity index (χ1n) is 8.00. The fourth-order valence-electron chi connectivity index (χ4n) is 2.46. The summed E-state index contributed by atoms with van der Waals surface area (Å²) < 4.78 is 1.68. The Hall–Kier alpha value is -3.12. The normalized spacial score (nSPS) is 10.5. The van der Waals surface area contributed by atoms with E-state index in [0.29, 0.717) is 29.2 Å². The van der Waals surface area contributed by atoms with E-state index in [9.17, 15) is 4.79 Å². The molecule has 0 saturated heterocycles. The van der Waals surface area contributed by atoms with Crippen LogP contribution in [-0.4, -0.2) is 21.5 Å². The van der Waals surface area contributed by atoms with Crippen LogP contribution in [0.1, 0.15) is 27.0 Å². The summed E-state index contributed by atoms with van der Waals surface area (Å²) in [7, 11) is 0. The molecule has 0 unspecified atom stereocenters. The molecule has 0 aliphatic rings. The number of nitrogens with zero attached hydrogens (tertiary/aromatic N) is 2. The fourth-order valence-corrected chi connectivity index (χ4v) is 2.65. The number of hydrogen-bond donors (Lipinski definition) is 3. The Labute approximate surface area is 156 Å². The Kier molecular flexibility index (Phi) is 5.34. The molecular formula is C19H18ClN5O. The lowest BCUT2D eigenvalue weighted by Gasteiger charge is -2.05. The molecule has 0 saturated carbocycles. The monoisotopic (exact) mass is 367 g/mol. The van der Waals surface area contributed by atoms with Crippen LogP contribution < -0.4 is 11.1 Å². The molecule has 0 aliphatic heterocycles. The highest BCUT2D eigenvalue weighted by Crippen LogP contribution is 2.16. The highest BCUT2D eigenvalue weighted by Gasteiger charge is 2.09. The Morgan fingerprint density at radius 2 is 1.88 bits per heavy atom. The quantitative estimate of drug-likeness (QED) is 0.461. The Morgan fingerprint density at radius 3 is 2.58 bits per heavy atom. The Balaban J connectivity index is 1.59. The Bertz CT molecular complexity index is 933. The molecular weight excluding hydrogens is 350 g/mol. The van der Waals surface area contributed by atoms with Gasteiger partial charge in [0.2, 0.25) is 0 Å². The number of amides is 1. The predicted octanol–water partition coefficient (Wildman–Crippen LogP) is 2.80. The SMILES string of the molecule is N=C(N)c1ccc(CNC(=O)c2cnn(Cc3ccccc3Cl)c2)cc1. The third-order valence-corrected chi connectivity index (χ3v) is 4.27. The van der Waals surface area contributed by atoms with Crippen LogP contribution in [0.25, 0.3) is 0 Å². The van der Waals surface area contributed by atoms with Crippen LogP contribution in [0.3, 0.4) is 0 Å². The maximum absolute atomic E-state index is 12.3. The van der Waals surface area contributed by atoms with Crippen LogP contribution in [0.15, 0.2) is 60.9 Å². The molecule has 26 heavy (non-hydrogen) atoms. The van der Waals surface area contributed by atoms with E-state index in [2.05, 4.69) is 10.4 Å². The zero-order valence-corrected chi connectivity index (χ0v) is 14.7. The first-order chi connectivity index (χ1) is 12.5. The van der Waals surface area contributed by atoms with Crippen LogP contribution in [0, 0.1) is 5.41 Å². The summed E-state index contributed by atoms with van der Waals surface area (Å²) in [5, 5.41) is 15.1. The number of carbonyl (C=O) groups is 1. The first-order valence-corrected chi connectivity index (χ1v) is 8.38. The molecule has 132 valence electrons. The fraction of sp³-hybridized carbons (Fsp3) is 0.105. The average molecular weight is 368 g/mol. The first kappa shape index (κ1) is 17.7. The van der Waals surface area contributed by atoms with Crippen LogP contribution in [0.2, 0.25) is 5.02 Å². The van der Waals surface area contributed by atoms with E-state index in [-0.39, 0.29) is 11.7 Å². The van der Waals surface area contributed by atoms with E-state index in [4.69, 9.17) is 22.7 Å². The lowest BCUT2D eigenvalue weighted by molar-refractivity contribution is 0.0951. The summed E-state index contributed by atoms with van der Waals surface area (Å²) in [6.45, 7) is 0.881. The molecule has 4 N–H and O–H groups in total. The van der Waals surface area contributed by atoms with E-state index in [1.165, 1.54) is 6.20 Å². The molecule has 3 rings (SSSR count). The van der Waals surface area contributed by atoms with Crippen LogP contribution in [-0.2, 0) is 13.1 Å². The van der Waals surface area contributed by atoms with E-state index in [1.54, 1.807) is 23.0 Å². The maximum atomic E-state index is 12.3. The molecule has 0 aliphatic carbocycles. The molecule has 0 bridgehead atoms. The minimum Gasteiger partial charge on any atom is -0.384 e. The number of nitrogens with one attached hydrogen (secondary N) is 2. The third-order valence-electron chi connectivity index (χ3n) is 3.90. The van der Waals surface area contributed by atoms with E-state index < -0.39 is 0 Å². The van der Waals surface area contributed by atoms with Crippen molar-refractivity contribution in [3.63, 3.8) is 0 Å². The van der Waals surface area contributed by atoms with Crippen molar-refractivity contribution in [2.24, 2.45) is 5.73 Å². The number of nitrogens with two attached hydrogens (primary N) is 1. The Morgan fingerprint density at radius 1 is 1.15 bits per heavy atom. The van der Waals surface area contributed by atoms with Crippen LogP contribution >= 0.6 is 11.6 Å². The minimum absolute atomic E-state index is 0.0199. The number of nitrogen functional groups attached to an aromatic ring is 1. The number of hydrogen-bond acceptors (Lipinski definition) is 3. The van der Waals surface area contributed by atoms with E-state index in [0.717, 1.165) is 11.1 Å². The van der Waals surface area contributed by atoms with Crippen LogP contribution in [0.5, 0.6) is 0 Å². The number of amidine groups is 1. The van der Waals surface area contributed by atoms with Crippen molar-refractivity contribution >= 4 is 23.3 Å². The van der Waals surface area contributed by atoms with Crippen molar-refractivity contribution in [3.8, 4) is 0 Å². The largest absolute Gasteiger partial charge is 0.384 e. The van der Waals surface area contributed by atoms with Gasteiger partial charge in [0.05, 0.1) is 18.3 Å². The van der Waals surface area contributed by atoms with Crippen molar-refractivity contribution in [1.29, 1.82) is 5.41 Å². The van der Waals surface area contributed by atoms with Gasteiger partial charge in [-0.05, 0) is 17.2 Å². The molecule has 3 aromatic rings. The molecule has 1 amide bonds. The zero-order chi connectivity index (χ0) is 18.5. The molecule has 1 aromatic heterocycles. The topological polar surface area (TPSA) is 96.8 Å². The number of carbonyl (C=O) groups excluding carboxylic acids is 1. The number of halogens is 1. The molecule has 6 nitrogen and oxygen atoms in total. The molecule has 0 fully saturated rings. The van der Waals surface area contributed by atoms with Gasteiger partial charge in [-0.15, -0.1) is 0 Å². The van der Waals surface area contributed by atoms with Gasteiger partial charge in [-0.3, -0.25) is 14.9 Å². The predicted molar refractivity (Wildman–Crippen MR) is 101 cm³/mol. The van der Waals surface area contributed by atoms with Crippen molar-refractivity contribution in [3.05, 3.63) is 88.2 Å². The van der Waals surface area contributed by atoms with Gasteiger partial charge < -0.3 is 11.1 Å². The zero-order valence-electron chi connectivity index (χ0n) is 13.9. The smallest absolute Gasteiger partial charge is 0.254 e. The molecule has 0 atom stereocenters. The second-order valence-corrected chi connectivity index (χ2v) is 6.22. The van der Waals surface area contributed by atoms with Gasteiger partial charge in [-0.25, -0.2) is 0 Å².